The smallest absolute Gasteiger partial charge is 0.229 e. The van der Waals surface area contributed by atoms with Gasteiger partial charge >= 0.3 is 0 Å². The van der Waals surface area contributed by atoms with E-state index in [2.05, 4.69) is 10.2 Å². The number of thioether (sulfide) groups is 1. The molecule has 0 saturated heterocycles. The van der Waals surface area contributed by atoms with Crippen molar-refractivity contribution in [2.45, 2.75) is 24.9 Å². The first-order valence-electron chi connectivity index (χ1n) is 5.84. The molecule has 4 nitrogen and oxygen atoms in total. The minimum Gasteiger partial charge on any atom is -0.496 e. The van der Waals surface area contributed by atoms with Crippen LogP contribution in [0, 0.1) is 12.7 Å². The van der Waals surface area contributed by atoms with Crippen molar-refractivity contribution in [1.82, 2.24) is 10.2 Å². The van der Waals surface area contributed by atoms with Crippen LogP contribution in [0.5, 0.6) is 5.75 Å². The summed E-state index contributed by atoms with van der Waals surface area (Å²) in [7, 11) is 1.58. The molecule has 0 radical (unpaired) electrons. The summed E-state index contributed by atoms with van der Waals surface area (Å²) in [5.41, 5.74) is 0.815. The number of aromatic nitrogens is 2. The lowest BCUT2D eigenvalue weighted by atomic mass is 10.2. The number of rotatable bonds is 5. The Morgan fingerprint density at radius 3 is 2.84 bits per heavy atom. The van der Waals surface area contributed by atoms with Gasteiger partial charge in [0, 0.05) is 18.2 Å². The summed E-state index contributed by atoms with van der Waals surface area (Å²) >= 11 is 1.59. The molecule has 1 atom stereocenters. The molecule has 0 aliphatic carbocycles. The number of hydrogen-bond donors (Lipinski definition) is 0. The number of halogens is 1. The standard InChI is InChI=1S/C13H15FN2O2S/c1-8(13-16-15-9(2)18-13)19-7-10-6-11(14)4-5-12(10)17-3/h4-6,8H,7H2,1-3H3/t8-/m0/s1. The molecule has 0 unspecified atom stereocenters. The second-order valence-electron chi connectivity index (χ2n) is 4.07. The highest BCUT2D eigenvalue weighted by Gasteiger charge is 2.14. The predicted molar refractivity (Wildman–Crippen MR) is 71.7 cm³/mol. The zero-order valence-electron chi connectivity index (χ0n) is 11.0. The van der Waals surface area contributed by atoms with E-state index in [4.69, 9.17) is 9.15 Å². The third kappa shape index (κ3) is 3.47. The van der Waals surface area contributed by atoms with Crippen molar-refractivity contribution < 1.29 is 13.5 Å². The fourth-order valence-corrected chi connectivity index (χ4v) is 2.52. The summed E-state index contributed by atoms with van der Waals surface area (Å²) < 4.78 is 23.8. The SMILES string of the molecule is COc1ccc(F)cc1CS[C@@H](C)c1nnc(C)o1. The van der Waals surface area contributed by atoms with Gasteiger partial charge in [-0.2, -0.15) is 0 Å². The Morgan fingerprint density at radius 2 is 2.21 bits per heavy atom. The second kappa shape index (κ2) is 6.06. The molecule has 1 aromatic carbocycles. The van der Waals surface area contributed by atoms with Crippen molar-refractivity contribution in [3.8, 4) is 5.75 Å². The van der Waals surface area contributed by atoms with Crippen LogP contribution in [-0.2, 0) is 5.75 Å². The Morgan fingerprint density at radius 1 is 1.42 bits per heavy atom. The van der Waals surface area contributed by atoms with Crippen molar-refractivity contribution in [3.63, 3.8) is 0 Å². The molecule has 2 aromatic rings. The third-order valence-electron chi connectivity index (χ3n) is 2.62. The molecule has 102 valence electrons. The Balaban J connectivity index is 2.04. The van der Waals surface area contributed by atoms with Gasteiger partial charge in [-0.15, -0.1) is 22.0 Å². The summed E-state index contributed by atoms with van der Waals surface area (Å²) in [6.45, 7) is 3.73. The lowest BCUT2D eigenvalue weighted by molar-refractivity contribution is 0.410. The predicted octanol–water partition coefficient (Wildman–Crippen LogP) is 3.52. The lowest BCUT2D eigenvalue weighted by Gasteiger charge is -2.10. The number of aryl methyl sites for hydroxylation is 1. The first kappa shape index (κ1) is 13.9. The van der Waals surface area contributed by atoms with Crippen LogP contribution >= 0.6 is 11.8 Å². The van der Waals surface area contributed by atoms with Gasteiger partial charge in [-0.3, -0.25) is 0 Å². The highest BCUT2D eigenvalue weighted by molar-refractivity contribution is 7.98. The quantitative estimate of drug-likeness (QED) is 0.839. The molecular weight excluding hydrogens is 267 g/mol. The van der Waals surface area contributed by atoms with E-state index < -0.39 is 0 Å². The van der Waals surface area contributed by atoms with Crippen LogP contribution in [-0.4, -0.2) is 17.3 Å². The van der Waals surface area contributed by atoms with Crippen molar-refractivity contribution in [3.05, 3.63) is 41.4 Å². The fourth-order valence-electron chi connectivity index (χ4n) is 1.62. The summed E-state index contributed by atoms with van der Waals surface area (Å²) in [6.07, 6.45) is 0. The van der Waals surface area contributed by atoms with E-state index in [1.165, 1.54) is 12.1 Å². The highest BCUT2D eigenvalue weighted by Crippen LogP contribution is 2.33. The number of methoxy groups -OCH3 is 1. The molecule has 2 rings (SSSR count). The molecule has 1 aromatic heterocycles. The third-order valence-corrected chi connectivity index (χ3v) is 3.80. The topological polar surface area (TPSA) is 48.2 Å². The molecule has 1 heterocycles. The van der Waals surface area contributed by atoms with Gasteiger partial charge in [0.25, 0.3) is 0 Å². The second-order valence-corrected chi connectivity index (χ2v) is 5.40. The van der Waals surface area contributed by atoms with Gasteiger partial charge in [0.1, 0.15) is 11.6 Å². The fraction of sp³-hybridized carbons (Fsp3) is 0.385. The minimum atomic E-state index is -0.266. The van der Waals surface area contributed by atoms with E-state index in [-0.39, 0.29) is 11.1 Å². The number of hydrogen-bond acceptors (Lipinski definition) is 5. The molecule has 0 fully saturated rings. The van der Waals surface area contributed by atoms with Crippen molar-refractivity contribution >= 4 is 11.8 Å². The van der Waals surface area contributed by atoms with Gasteiger partial charge < -0.3 is 9.15 Å². The molecule has 0 bridgehead atoms. The first-order valence-corrected chi connectivity index (χ1v) is 6.89. The Labute approximate surface area is 115 Å². The summed E-state index contributed by atoms with van der Waals surface area (Å²) in [6, 6.07) is 4.50. The molecule has 0 spiro atoms. The van der Waals surface area contributed by atoms with Gasteiger partial charge in [-0.1, -0.05) is 0 Å². The average molecular weight is 282 g/mol. The Bertz CT molecular complexity index is 559. The normalized spacial score (nSPS) is 12.4. The monoisotopic (exact) mass is 282 g/mol. The van der Waals surface area contributed by atoms with Gasteiger partial charge in [-0.05, 0) is 25.1 Å². The van der Waals surface area contributed by atoms with Gasteiger partial charge in [0.05, 0.1) is 12.4 Å². The zero-order chi connectivity index (χ0) is 13.8. The van der Waals surface area contributed by atoms with Crippen molar-refractivity contribution in [1.29, 1.82) is 0 Å². The lowest BCUT2D eigenvalue weighted by Crippen LogP contribution is -1.94. The molecule has 0 aliphatic rings. The van der Waals surface area contributed by atoms with Crippen LogP contribution in [0.4, 0.5) is 4.39 Å². The maximum atomic E-state index is 13.2. The van der Waals surface area contributed by atoms with Crippen molar-refractivity contribution in [2.24, 2.45) is 0 Å². The van der Waals surface area contributed by atoms with E-state index in [1.54, 1.807) is 31.9 Å². The maximum absolute atomic E-state index is 13.2. The minimum absolute atomic E-state index is 0.0502. The van der Waals surface area contributed by atoms with Crippen LogP contribution in [0.2, 0.25) is 0 Å². The first-order chi connectivity index (χ1) is 9.10. The number of benzene rings is 1. The van der Waals surface area contributed by atoms with Gasteiger partial charge in [0.15, 0.2) is 0 Å². The molecule has 0 saturated carbocycles. The summed E-state index contributed by atoms with van der Waals surface area (Å²) in [5.74, 6) is 2.16. The van der Waals surface area contributed by atoms with Crippen LogP contribution < -0.4 is 4.74 Å². The molecule has 6 heteroatoms. The molecule has 19 heavy (non-hydrogen) atoms. The molecule has 0 N–H and O–H groups in total. The molecule has 0 aliphatic heterocycles. The largest absolute Gasteiger partial charge is 0.496 e. The van der Waals surface area contributed by atoms with E-state index in [9.17, 15) is 4.39 Å². The number of ether oxygens (including phenoxy) is 1. The maximum Gasteiger partial charge on any atom is 0.229 e. The van der Waals surface area contributed by atoms with Crippen LogP contribution in [0.3, 0.4) is 0 Å². The summed E-state index contributed by atoms with van der Waals surface area (Å²) in [4.78, 5) is 0. The molecular formula is C13H15FN2O2S. The number of nitrogens with zero attached hydrogens (tertiary/aromatic N) is 2. The van der Waals surface area contributed by atoms with Crippen LogP contribution in [0.1, 0.15) is 29.5 Å². The summed E-state index contributed by atoms with van der Waals surface area (Å²) in [5, 5.41) is 7.82. The van der Waals surface area contributed by atoms with Gasteiger partial charge in [0.2, 0.25) is 11.8 Å². The Hall–Kier alpha value is -1.56. The van der Waals surface area contributed by atoms with Gasteiger partial charge in [-0.25, -0.2) is 4.39 Å². The van der Waals surface area contributed by atoms with E-state index in [0.717, 1.165) is 5.56 Å². The van der Waals surface area contributed by atoms with Crippen LogP contribution in [0.25, 0.3) is 0 Å². The molecule has 0 amide bonds. The van der Waals surface area contributed by atoms with E-state index in [1.807, 2.05) is 6.92 Å². The van der Waals surface area contributed by atoms with Crippen LogP contribution in [0.15, 0.2) is 22.6 Å². The highest BCUT2D eigenvalue weighted by atomic mass is 32.2. The average Bonchev–Trinajstić information content (AvgIpc) is 2.83. The Kier molecular flexibility index (Phi) is 4.42. The van der Waals surface area contributed by atoms with E-state index >= 15 is 0 Å². The van der Waals surface area contributed by atoms with E-state index in [0.29, 0.717) is 23.3 Å². The zero-order valence-corrected chi connectivity index (χ0v) is 11.8. The van der Waals surface area contributed by atoms with Crippen molar-refractivity contribution in [2.75, 3.05) is 7.11 Å².